The van der Waals surface area contributed by atoms with Gasteiger partial charge in [-0.25, -0.2) is 0 Å². The number of fused-ring (bicyclic) bond motifs is 1. The monoisotopic (exact) mass is 256 g/mol. The summed E-state index contributed by atoms with van der Waals surface area (Å²) in [6, 6.07) is 11.0. The standard InChI is InChI=1S/C16H20N2O/c19-12-4-11-18(13-5-3-6-13)16-9-10-17-15-8-2-1-7-14(15)16/h1-2,7-10,13,19H,3-6,11-12H2. The molecule has 3 rings (SSSR count). The van der Waals surface area contributed by atoms with E-state index in [2.05, 4.69) is 34.1 Å². The van der Waals surface area contributed by atoms with Crippen molar-refractivity contribution >= 4 is 16.6 Å². The Balaban J connectivity index is 1.98. The van der Waals surface area contributed by atoms with Crippen LogP contribution in [0.5, 0.6) is 0 Å². The topological polar surface area (TPSA) is 36.4 Å². The van der Waals surface area contributed by atoms with E-state index >= 15 is 0 Å². The average Bonchev–Trinajstić information content (AvgIpc) is 2.41. The molecule has 1 heterocycles. The normalized spacial score (nSPS) is 15.4. The smallest absolute Gasteiger partial charge is 0.0722 e. The first-order valence-corrected chi connectivity index (χ1v) is 7.11. The molecule has 0 saturated heterocycles. The first kappa shape index (κ1) is 12.4. The molecule has 0 unspecified atom stereocenters. The predicted octanol–water partition coefficient (Wildman–Crippen LogP) is 2.98. The van der Waals surface area contributed by atoms with E-state index in [9.17, 15) is 0 Å². The fourth-order valence-corrected chi connectivity index (χ4v) is 2.77. The van der Waals surface area contributed by atoms with Gasteiger partial charge in [-0.05, 0) is 37.8 Å². The Kier molecular flexibility index (Phi) is 3.65. The van der Waals surface area contributed by atoms with Gasteiger partial charge in [0, 0.05) is 36.5 Å². The van der Waals surface area contributed by atoms with Gasteiger partial charge in [-0.1, -0.05) is 18.2 Å². The highest BCUT2D eigenvalue weighted by Gasteiger charge is 2.25. The summed E-state index contributed by atoms with van der Waals surface area (Å²) in [5.41, 5.74) is 2.32. The third-order valence-electron chi connectivity index (χ3n) is 4.01. The van der Waals surface area contributed by atoms with Crippen LogP contribution in [0, 0.1) is 0 Å². The Morgan fingerprint density at radius 2 is 2.05 bits per heavy atom. The molecule has 19 heavy (non-hydrogen) atoms. The molecule has 1 aliphatic carbocycles. The number of rotatable bonds is 5. The third-order valence-corrected chi connectivity index (χ3v) is 4.01. The van der Waals surface area contributed by atoms with Crippen molar-refractivity contribution in [3.8, 4) is 0 Å². The number of anilines is 1. The van der Waals surface area contributed by atoms with Gasteiger partial charge in [0.25, 0.3) is 0 Å². The number of benzene rings is 1. The van der Waals surface area contributed by atoms with Crippen LogP contribution in [0.15, 0.2) is 36.5 Å². The van der Waals surface area contributed by atoms with Crippen molar-refractivity contribution in [1.29, 1.82) is 0 Å². The van der Waals surface area contributed by atoms with Crippen molar-refractivity contribution in [3.63, 3.8) is 0 Å². The number of nitrogens with zero attached hydrogens (tertiary/aromatic N) is 2. The molecular weight excluding hydrogens is 236 g/mol. The van der Waals surface area contributed by atoms with Crippen molar-refractivity contribution in [2.75, 3.05) is 18.1 Å². The third kappa shape index (κ3) is 2.43. The molecule has 1 N–H and O–H groups in total. The fourth-order valence-electron chi connectivity index (χ4n) is 2.77. The SMILES string of the molecule is OCCCN(c1ccnc2ccccc12)C1CCC1. The van der Waals surface area contributed by atoms with Crippen molar-refractivity contribution < 1.29 is 5.11 Å². The van der Waals surface area contributed by atoms with Crippen LogP contribution >= 0.6 is 0 Å². The Labute approximate surface area is 113 Å². The maximum atomic E-state index is 9.11. The van der Waals surface area contributed by atoms with Crippen LogP contribution in [-0.4, -0.2) is 29.3 Å². The van der Waals surface area contributed by atoms with Crippen LogP contribution in [0.1, 0.15) is 25.7 Å². The number of hydrogen-bond donors (Lipinski definition) is 1. The van der Waals surface area contributed by atoms with Crippen LogP contribution in [0.4, 0.5) is 5.69 Å². The van der Waals surface area contributed by atoms with E-state index in [1.165, 1.54) is 30.3 Å². The molecular formula is C16H20N2O. The summed E-state index contributed by atoms with van der Waals surface area (Å²) in [4.78, 5) is 6.89. The van der Waals surface area contributed by atoms with Gasteiger partial charge in [-0.2, -0.15) is 0 Å². The van der Waals surface area contributed by atoms with E-state index in [1.807, 2.05) is 12.3 Å². The van der Waals surface area contributed by atoms with Gasteiger partial charge >= 0.3 is 0 Å². The van der Waals surface area contributed by atoms with Gasteiger partial charge < -0.3 is 10.0 Å². The minimum atomic E-state index is 0.256. The van der Waals surface area contributed by atoms with Gasteiger partial charge in [-0.15, -0.1) is 0 Å². The molecule has 3 heteroatoms. The highest BCUT2D eigenvalue weighted by atomic mass is 16.3. The van der Waals surface area contributed by atoms with Crippen LogP contribution in [0.25, 0.3) is 10.9 Å². The maximum Gasteiger partial charge on any atom is 0.0722 e. The number of hydrogen-bond acceptors (Lipinski definition) is 3. The molecule has 1 aliphatic rings. The molecule has 1 saturated carbocycles. The molecule has 0 bridgehead atoms. The molecule has 3 nitrogen and oxygen atoms in total. The summed E-state index contributed by atoms with van der Waals surface area (Å²) in [7, 11) is 0. The minimum absolute atomic E-state index is 0.256. The zero-order valence-electron chi connectivity index (χ0n) is 11.1. The predicted molar refractivity (Wildman–Crippen MR) is 78.4 cm³/mol. The van der Waals surface area contributed by atoms with Crippen molar-refractivity contribution in [3.05, 3.63) is 36.5 Å². The number of aliphatic hydroxyl groups is 1. The molecule has 0 radical (unpaired) electrons. The van der Waals surface area contributed by atoms with Gasteiger partial charge in [-0.3, -0.25) is 4.98 Å². The summed E-state index contributed by atoms with van der Waals surface area (Å²) < 4.78 is 0. The van der Waals surface area contributed by atoms with Gasteiger partial charge in [0.15, 0.2) is 0 Å². The van der Waals surface area contributed by atoms with Gasteiger partial charge in [0.1, 0.15) is 0 Å². The van der Waals surface area contributed by atoms with Crippen LogP contribution < -0.4 is 4.90 Å². The van der Waals surface area contributed by atoms with Gasteiger partial charge in [0.2, 0.25) is 0 Å². The summed E-state index contributed by atoms with van der Waals surface area (Å²) in [5.74, 6) is 0. The van der Waals surface area contributed by atoms with Crippen molar-refractivity contribution in [2.24, 2.45) is 0 Å². The summed E-state index contributed by atoms with van der Waals surface area (Å²) >= 11 is 0. The Bertz CT molecular complexity index is 546. The van der Waals surface area contributed by atoms with Crippen molar-refractivity contribution in [1.82, 2.24) is 4.98 Å². The van der Waals surface area contributed by atoms with E-state index in [0.29, 0.717) is 6.04 Å². The molecule has 0 atom stereocenters. The van der Waals surface area contributed by atoms with Gasteiger partial charge in [0.05, 0.1) is 5.52 Å². The van der Waals surface area contributed by atoms with Crippen LogP contribution in [0.2, 0.25) is 0 Å². The molecule has 1 fully saturated rings. The molecule has 2 aromatic rings. The second kappa shape index (κ2) is 5.57. The lowest BCUT2D eigenvalue weighted by atomic mass is 9.90. The van der Waals surface area contributed by atoms with E-state index in [4.69, 9.17) is 5.11 Å². The lowest BCUT2D eigenvalue weighted by molar-refractivity contribution is 0.283. The second-order valence-corrected chi connectivity index (χ2v) is 5.20. The van der Waals surface area contributed by atoms with E-state index in [-0.39, 0.29) is 6.61 Å². The largest absolute Gasteiger partial charge is 0.396 e. The summed E-state index contributed by atoms with van der Waals surface area (Å²) in [6.45, 7) is 1.18. The molecule has 1 aromatic carbocycles. The fraction of sp³-hybridized carbons (Fsp3) is 0.438. The zero-order chi connectivity index (χ0) is 13.1. The maximum absolute atomic E-state index is 9.11. The summed E-state index contributed by atoms with van der Waals surface area (Å²) in [6.07, 6.45) is 6.57. The van der Waals surface area contributed by atoms with Crippen LogP contribution in [-0.2, 0) is 0 Å². The Morgan fingerprint density at radius 3 is 2.79 bits per heavy atom. The van der Waals surface area contributed by atoms with Crippen molar-refractivity contribution in [2.45, 2.75) is 31.7 Å². The number of aliphatic hydroxyl groups excluding tert-OH is 1. The lowest BCUT2D eigenvalue weighted by Gasteiger charge is -2.39. The van der Waals surface area contributed by atoms with Crippen LogP contribution in [0.3, 0.4) is 0 Å². The Morgan fingerprint density at radius 1 is 1.21 bits per heavy atom. The Hall–Kier alpha value is -1.61. The first-order chi connectivity index (χ1) is 9.40. The number of para-hydroxylation sites is 1. The molecule has 0 aliphatic heterocycles. The summed E-state index contributed by atoms with van der Waals surface area (Å²) in [5, 5.41) is 10.3. The number of aromatic nitrogens is 1. The highest BCUT2D eigenvalue weighted by Crippen LogP contribution is 2.33. The molecule has 0 spiro atoms. The zero-order valence-corrected chi connectivity index (χ0v) is 11.1. The molecule has 1 aromatic heterocycles. The average molecular weight is 256 g/mol. The number of pyridine rings is 1. The quantitative estimate of drug-likeness (QED) is 0.893. The van der Waals surface area contributed by atoms with E-state index < -0.39 is 0 Å². The van der Waals surface area contributed by atoms with E-state index in [0.717, 1.165) is 18.5 Å². The lowest BCUT2D eigenvalue weighted by Crippen LogP contribution is -2.41. The first-order valence-electron chi connectivity index (χ1n) is 7.11. The molecule has 0 amide bonds. The van der Waals surface area contributed by atoms with E-state index in [1.54, 1.807) is 0 Å². The second-order valence-electron chi connectivity index (χ2n) is 5.20. The molecule has 100 valence electrons. The minimum Gasteiger partial charge on any atom is -0.396 e. The highest BCUT2D eigenvalue weighted by molar-refractivity contribution is 5.91.